The SMILES string of the molecule is O=C(NCc1cccc(F)c1)c1ccc(S(=O)(=O)N2CCOCC2)cc1. The molecule has 2 aromatic rings. The highest BCUT2D eigenvalue weighted by Gasteiger charge is 2.26. The Morgan fingerprint density at radius 2 is 1.81 bits per heavy atom. The van der Waals surface area contributed by atoms with Crippen LogP contribution < -0.4 is 5.32 Å². The Balaban J connectivity index is 1.65. The van der Waals surface area contributed by atoms with E-state index in [-0.39, 0.29) is 23.2 Å². The van der Waals surface area contributed by atoms with Gasteiger partial charge in [0.2, 0.25) is 10.0 Å². The summed E-state index contributed by atoms with van der Waals surface area (Å²) in [5.41, 5.74) is 0.979. The number of hydrogen-bond acceptors (Lipinski definition) is 4. The molecule has 1 aliphatic heterocycles. The van der Waals surface area contributed by atoms with Crippen molar-refractivity contribution in [2.45, 2.75) is 11.4 Å². The molecule has 8 heteroatoms. The molecule has 2 aromatic carbocycles. The quantitative estimate of drug-likeness (QED) is 0.861. The van der Waals surface area contributed by atoms with Gasteiger partial charge >= 0.3 is 0 Å². The van der Waals surface area contributed by atoms with Crippen LogP contribution in [0.4, 0.5) is 4.39 Å². The highest BCUT2D eigenvalue weighted by atomic mass is 32.2. The maximum absolute atomic E-state index is 13.1. The molecule has 0 spiro atoms. The van der Waals surface area contributed by atoms with Gasteiger partial charge in [-0.15, -0.1) is 0 Å². The Hall–Kier alpha value is -2.29. The van der Waals surface area contributed by atoms with Gasteiger partial charge in [-0.1, -0.05) is 12.1 Å². The highest BCUT2D eigenvalue weighted by Crippen LogP contribution is 2.17. The van der Waals surface area contributed by atoms with Crippen molar-refractivity contribution in [2.75, 3.05) is 26.3 Å². The first-order chi connectivity index (χ1) is 12.5. The number of morpholine rings is 1. The van der Waals surface area contributed by atoms with Gasteiger partial charge in [0, 0.05) is 25.2 Å². The molecule has 1 heterocycles. The van der Waals surface area contributed by atoms with Crippen molar-refractivity contribution < 1.29 is 22.3 Å². The molecule has 0 saturated carbocycles. The molecular formula is C18H19FN2O4S. The highest BCUT2D eigenvalue weighted by molar-refractivity contribution is 7.89. The second-order valence-electron chi connectivity index (χ2n) is 5.85. The summed E-state index contributed by atoms with van der Waals surface area (Å²) in [5, 5.41) is 2.68. The van der Waals surface area contributed by atoms with E-state index in [1.165, 1.54) is 40.7 Å². The van der Waals surface area contributed by atoms with E-state index in [1.54, 1.807) is 12.1 Å². The van der Waals surface area contributed by atoms with E-state index in [0.29, 0.717) is 37.4 Å². The predicted molar refractivity (Wildman–Crippen MR) is 93.6 cm³/mol. The van der Waals surface area contributed by atoms with E-state index in [2.05, 4.69) is 5.32 Å². The molecule has 3 rings (SSSR count). The normalized spacial score (nSPS) is 15.6. The van der Waals surface area contributed by atoms with Gasteiger partial charge in [-0.05, 0) is 42.0 Å². The van der Waals surface area contributed by atoms with E-state index in [9.17, 15) is 17.6 Å². The number of ether oxygens (including phenoxy) is 1. The molecule has 0 atom stereocenters. The molecule has 1 saturated heterocycles. The average molecular weight is 378 g/mol. The number of nitrogens with one attached hydrogen (secondary N) is 1. The van der Waals surface area contributed by atoms with E-state index < -0.39 is 10.0 Å². The summed E-state index contributed by atoms with van der Waals surface area (Å²) in [4.78, 5) is 12.3. The van der Waals surface area contributed by atoms with Crippen molar-refractivity contribution in [3.8, 4) is 0 Å². The van der Waals surface area contributed by atoms with Gasteiger partial charge in [0.1, 0.15) is 5.82 Å². The van der Waals surface area contributed by atoms with Crippen molar-refractivity contribution in [1.29, 1.82) is 0 Å². The zero-order valence-electron chi connectivity index (χ0n) is 14.0. The molecule has 1 aliphatic rings. The van der Waals surface area contributed by atoms with E-state index >= 15 is 0 Å². The third-order valence-corrected chi connectivity index (χ3v) is 5.98. The number of hydrogen-bond donors (Lipinski definition) is 1. The van der Waals surface area contributed by atoms with Crippen LogP contribution in [-0.2, 0) is 21.3 Å². The van der Waals surface area contributed by atoms with E-state index in [1.807, 2.05) is 0 Å². The van der Waals surface area contributed by atoms with Crippen molar-refractivity contribution in [3.63, 3.8) is 0 Å². The summed E-state index contributed by atoms with van der Waals surface area (Å²) >= 11 is 0. The summed E-state index contributed by atoms with van der Waals surface area (Å²) in [6.45, 7) is 1.57. The smallest absolute Gasteiger partial charge is 0.251 e. The standard InChI is InChI=1S/C18H19FN2O4S/c19-16-3-1-2-14(12-16)13-20-18(22)15-4-6-17(7-5-15)26(23,24)21-8-10-25-11-9-21/h1-7,12H,8-11,13H2,(H,20,22). The number of carbonyl (C=O) groups excluding carboxylic acids is 1. The zero-order valence-corrected chi connectivity index (χ0v) is 14.8. The minimum atomic E-state index is -3.58. The van der Waals surface area contributed by atoms with Crippen LogP contribution in [0, 0.1) is 5.82 Å². The minimum Gasteiger partial charge on any atom is -0.379 e. The maximum Gasteiger partial charge on any atom is 0.251 e. The largest absolute Gasteiger partial charge is 0.379 e. The van der Waals surface area contributed by atoms with Crippen molar-refractivity contribution in [1.82, 2.24) is 9.62 Å². The predicted octanol–water partition coefficient (Wildman–Crippen LogP) is 1.78. The Labute approximate surface area is 151 Å². The number of benzene rings is 2. The minimum absolute atomic E-state index is 0.140. The molecule has 0 radical (unpaired) electrons. The summed E-state index contributed by atoms with van der Waals surface area (Å²) < 4.78 is 44.8. The van der Waals surface area contributed by atoms with E-state index in [4.69, 9.17) is 4.74 Å². The van der Waals surface area contributed by atoms with Crippen molar-refractivity contribution >= 4 is 15.9 Å². The fourth-order valence-corrected chi connectivity index (χ4v) is 4.05. The Morgan fingerprint density at radius 1 is 1.12 bits per heavy atom. The second kappa shape index (κ2) is 7.94. The summed E-state index contributed by atoms with van der Waals surface area (Å²) in [6.07, 6.45) is 0. The molecule has 0 unspecified atom stereocenters. The van der Waals surface area contributed by atoms with Crippen LogP contribution in [0.2, 0.25) is 0 Å². The molecule has 0 bridgehead atoms. The molecule has 26 heavy (non-hydrogen) atoms. The first-order valence-corrected chi connectivity index (χ1v) is 9.61. The lowest BCUT2D eigenvalue weighted by Gasteiger charge is -2.26. The number of rotatable bonds is 5. The Bertz CT molecular complexity index is 878. The molecule has 6 nitrogen and oxygen atoms in total. The molecule has 0 aliphatic carbocycles. The molecule has 1 amide bonds. The van der Waals surface area contributed by atoms with Crippen LogP contribution in [0.25, 0.3) is 0 Å². The van der Waals surface area contributed by atoms with Gasteiger partial charge in [-0.25, -0.2) is 12.8 Å². The maximum atomic E-state index is 13.1. The van der Waals surface area contributed by atoms with Crippen LogP contribution in [0.1, 0.15) is 15.9 Å². The topological polar surface area (TPSA) is 75.7 Å². The van der Waals surface area contributed by atoms with Gasteiger partial charge in [-0.3, -0.25) is 4.79 Å². The van der Waals surface area contributed by atoms with Crippen LogP contribution in [0.5, 0.6) is 0 Å². The van der Waals surface area contributed by atoms with E-state index in [0.717, 1.165) is 0 Å². The van der Waals surface area contributed by atoms with Gasteiger partial charge in [0.15, 0.2) is 0 Å². The molecule has 1 N–H and O–H groups in total. The van der Waals surface area contributed by atoms with Crippen LogP contribution >= 0.6 is 0 Å². The molecule has 1 fully saturated rings. The Kier molecular flexibility index (Phi) is 5.65. The first kappa shape index (κ1) is 18.5. The molecule has 138 valence electrons. The summed E-state index contributed by atoms with van der Waals surface area (Å²) in [7, 11) is -3.58. The van der Waals surface area contributed by atoms with Gasteiger partial charge in [0.25, 0.3) is 5.91 Å². The Morgan fingerprint density at radius 3 is 2.46 bits per heavy atom. The summed E-state index contributed by atoms with van der Waals surface area (Å²) in [5.74, 6) is -0.723. The fraction of sp³-hybridized carbons (Fsp3) is 0.278. The lowest BCUT2D eigenvalue weighted by Crippen LogP contribution is -2.40. The summed E-state index contributed by atoms with van der Waals surface area (Å²) in [6, 6.07) is 11.7. The molecule has 0 aromatic heterocycles. The lowest BCUT2D eigenvalue weighted by molar-refractivity contribution is 0.0730. The third kappa shape index (κ3) is 4.27. The number of halogens is 1. The molecular weight excluding hydrogens is 359 g/mol. The third-order valence-electron chi connectivity index (χ3n) is 4.07. The zero-order chi connectivity index (χ0) is 18.6. The van der Waals surface area contributed by atoms with Crippen LogP contribution in [-0.4, -0.2) is 44.9 Å². The van der Waals surface area contributed by atoms with Gasteiger partial charge < -0.3 is 10.1 Å². The number of amides is 1. The number of sulfonamides is 1. The van der Waals surface area contributed by atoms with Crippen molar-refractivity contribution in [2.24, 2.45) is 0 Å². The fourth-order valence-electron chi connectivity index (χ4n) is 2.65. The number of nitrogens with zero attached hydrogens (tertiary/aromatic N) is 1. The van der Waals surface area contributed by atoms with Crippen LogP contribution in [0.15, 0.2) is 53.4 Å². The first-order valence-electron chi connectivity index (χ1n) is 8.17. The van der Waals surface area contributed by atoms with Crippen LogP contribution in [0.3, 0.4) is 0 Å². The average Bonchev–Trinajstić information content (AvgIpc) is 2.67. The van der Waals surface area contributed by atoms with Crippen molar-refractivity contribution in [3.05, 3.63) is 65.5 Å². The monoisotopic (exact) mass is 378 g/mol. The number of carbonyl (C=O) groups is 1. The van der Waals surface area contributed by atoms with Gasteiger partial charge in [0.05, 0.1) is 18.1 Å². The lowest BCUT2D eigenvalue weighted by atomic mass is 10.2. The second-order valence-corrected chi connectivity index (χ2v) is 7.79. The van der Waals surface area contributed by atoms with Gasteiger partial charge in [-0.2, -0.15) is 4.31 Å².